The quantitative estimate of drug-likeness (QED) is 0.461. The fourth-order valence-corrected chi connectivity index (χ4v) is 4.04. The second-order valence-corrected chi connectivity index (χ2v) is 7.65. The van der Waals surface area contributed by atoms with Gasteiger partial charge in [0.15, 0.2) is 0 Å². The first-order valence-electron chi connectivity index (χ1n) is 7.58. The Labute approximate surface area is 163 Å². The van der Waals surface area contributed by atoms with Gasteiger partial charge in [-0.1, -0.05) is 30.0 Å². The van der Waals surface area contributed by atoms with Gasteiger partial charge in [0.2, 0.25) is 11.1 Å². The number of nitrogens with zero attached hydrogens (tertiary/aromatic N) is 4. The predicted molar refractivity (Wildman–Crippen MR) is 107 cm³/mol. The van der Waals surface area contributed by atoms with E-state index in [1.54, 1.807) is 4.68 Å². The van der Waals surface area contributed by atoms with Crippen molar-refractivity contribution in [3.8, 4) is 5.69 Å². The van der Waals surface area contributed by atoms with Crippen LogP contribution >= 0.6 is 34.4 Å². The summed E-state index contributed by atoms with van der Waals surface area (Å²) in [5.41, 5.74) is 3.84. The van der Waals surface area contributed by atoms with Gasteiger partial charge in [-0.05, 0) is 82.3 Å². The summed E-state index contributed by atoms with van der Waals surface area (Å²) >= 11 is 3.58. The maximum Gasteiger partial charge on any atom is 0.234 e. The van der Waals surface area contributed by atoms with Gasteiger partial charge in [-0.15, -0.1) is 5.10 Å². The summed E-state index contributed by atoms with van der Waals surface area (Å²) in [4.78, 5) is 12.3. The van der Waals surface area contributed by atoms with E-state index in [1.807, 2.05) is 56.3 Å². The maximum absolute atomic E-state index is 12.3. The molecule has 0 fully saturated rings. The van der Waals surface area contributed by atoms with E-state index in [1.165, 1.54) is 11.8 Å². The van der Waals surface area contributed by atoms with Gasteiger partial charge < -0.3 is 5.32 Å². The molecular weight excluding hydrogens is 449 g/mol. The third-order valence-electron chi connectivity index (χ3n) is 3.54. The largest absolute Gasteiger partial charge is 0.325 e. The molecule has 1 aromatic heterocycles. The molecule has 8 heteroatoms. The minimum atomic E-state index is -0.0833. The fourth-order valence-electron chi connectivity index (χ4n) is 2.41. The average Bonchev–Trinajstić information content (AvgIpc) is 3.05. The van der Waals surface area contributed by atoms with Crippen molar-refractivity contribution in [2.24, 2.45) is 0 Å². The first kappa shape index (κ1) is 17.9. The number of rotatable bonds is 5. The zero-order valence-corrected chi connectivity index (χ0v) is 16.7. The Bertz CT molecular complexity index is 874. The highest BCUT2D eigenvalue weighted by molar-refractivity contribution is 14.1. The van der Waals surface area contributed by atoms with Crippen LogP contribution in [0.2, 0.25) is 0 Å². The van der Waals surface area contributed by atoms with Crippen molar-refractivity contribution in [3.63, 3.8) is 0 Å². The van der Waals surface area contributed by atoms with Crippen LogP contribution in [0.25, 0.3) is 5.69 Å². The molecule has 0 atom stereocenters. The second-order valence-electron chi connectivity index (χ2n) is 5.46. The summed E-state index contributed by atoms with van der Waals surface area (Å²) < 4.78 is 2.78. The lowest BCUT2D eigenvalue weighted by Gasteiger charge is -2.12. The van der Waals surface area contributed by atoms with Gasteiger partial charge in [0.1, 0.15) is 0 Å². The Balaban J connectivity index is 1.67. The molecule has 1 N–H and O–H groups in total. The average molecular weight is 465 g/mol. The third-order valence-corrected chi connectivity index (χ3v) is 5.08. The number of para-hydroxylation sites is 1. The summed E-state index contributed by atoms with van der Waals surface area (Å²) in [6.45, 7) is 3.99. The summed E-state index contributed by atoms with van der Waals surface area (Å²) in [7, 11) is 0. The molecule has 1 heterocycles. The molecular formula is C17H16IN5OS. The first-order valence-corrected chi connectivity index (χ1v) is 9.64. The molecule has 0 bridgehead atoms. The number of amides is 1. The van der Waals surface area contributed by atoms with Crippen LogP contribution in [0.3, 0.4) is 0 Å². The van der Waals surface area contributed by atoms with Crippen molar-refractivity contribution in [2.45, 2.75) is 19.0 Å². The fraction of sp³-hybridized carbons (Fsp3) is 0.176. The molecule has 128 valence electrons. The molecule has 0 saturated carbocycles. The predicted octanol–water partition coefficient (Wildman–Crippen LogP) is 3.61. The van der Waals surface area contributed by atoms with Crippen LogP contribution in [0.1, 0.15) is 11.1 Å². The summed E-state index contributed by atoms with van der Waals surface area (Å²) in [5, 5.41) is 15.3. The number of nitrogens with one attached hydrogen (secondary N) is 1. The Morgan fingerprint density at radius 2 is 1.88 bits per heavy atom. The van der Waals surface area contributed by atoms with E-state index >= 15 is 0 Å². The van der Waals surface area contributed by atoms with E-state index in [4.69, 9.17) is 0 Å². The second kappa shape index (κ2) is 7.96. The van der Waals surface area contributed by atoms with Crippen molar-refractivity contribution in [1.82, 2.24) is 20.2 Å². The number of carbonyl (C=O) groups is 1. The van der Waals surface area contributed by atoms with Crippen LogP contribution in [-0.2, 0) is 4.79 Å². The maximum atomic E-state index is 12.3. The summed E-state index contributed by atoms with van der Waals surface area (Å²) in [6, 6.07) is 13.7. The van der Waals surface area contributed by atoms with E-state index in [9.17, 15) is 4.79 Å². The van der Waals surface area contributed by atoms with Gasteiger partial charge in [0.25, 0.3) is 0 Å². The minimum absolute atomic E-state index is 0.0833. The van der Waals surface area contributed by atoms with E-state index in [2.05, 4.69) is 43.4 Å². The molecule has 25 heavy (non-hydrogen) atoms. The van der Waals surface area contributed by atoms with Crippen LogP contribution in [0.5, 0.6) is 0 Å². The minimum Gasteiger partial charge on any atom is -0.325 e. The normalized spacial score (nSPS) is 10.7. The summed E-state index contributed by atoms with van der Waals surface area (Å²) in [5.74, 6) is 0.151. The standard InChI is InChI=1S/C17H16IN5OS/c1-11-8-13(18)9-12(2)16(11)19-15(24)10-25-17-20-21-22-23(17)14-6-4-3-5-7-14/h3-9H,10H2,1-2H3,(H,19,24). The van der Waals surface area contributed by atoms with Crippen molar-refractivity contribution in [2.75, 3.05) is 11.1 Å². The van der Waals surface area contributed by atoms with Crippen LogP contribution in [-0.4, -0.2) is 31.9 Å². The highest BCUT2D eigenvalue weighted by atomic mass is 127. The smallest absolute Gasteiger partial charge is 0.234 e. The number of hydrogen-bond acceptors (Lipinski definition) is 5. The zero-order valence-electron chi connectivity index (χ0n) is 13.7. The number of tetrazole rings is 1. The molecule has 1 amide bonds. The SMILES string of the molecule is Cc1cc(I)cc(C)c1NC(=O)CSc1nnnn1-c1ccccc1. The van der Waals surface area contributed by atoms with Gasteiger partial charge in [-0.3, -0.25) is 4.79 Å². The van der Waals surface area contributed by atoms with Gasteiger partial charge in [0.05, 0.1) is 11.4 Å². The van der Waals surface area contributed by atoms with E-state index in [0.29, 0.717) is 5.16 Å². The molecule has 2 aromatic carbocycles. The number of benzene rings is 2. The lowest BCUT2D eigenvalue weighted by atomic mass is 10.1. The van der Waals surface area contributed by atoms with Gasteiger partial charge in [-0.25, -0.2) is 0 Å². The number of halogens is 1. The van der Waals surface area contributed by atoms with E-state index < -0.39 is 0 Å². The molecule has 0 aliphatic rings. The number of aryl methyl sites for hydroxylation is 2. The van der Waals surface area contributed by atoms with Crippen molar-refractivity contribution < 1.29 is 4.79 Å². The van der Waals surface area contributed by atoms with Crippen molar-refractivity contribution in [1.29, 1.82) is 0 Å². The molecule has 3 aromatic rings. The van der Waals surface area contributed by atoms with Crippen molar-refractivity contribution >= 4 is 45.9 Å². The monoisotopic (exact) mass is 465 g/mol. The Hall–Kier alpha value is -1.94. The first-order chi connectivity index (χ1) is 12.0. The highest BCUT2D eigenvalue weighted by Crippen LogP contribution is 2.24. The third kappa shape index (κ3) is 4.37. The number of thioether (sulfide) groups is 1. The molecule has 0 aliphatic heterocycles. The van der Waals surface area contributed by atoms with Gasteiger partial charge in [-0.2, -0.15) is 4.68 Å². The van der Waals surface area contributed by atoms with Crippen LogP contribution in [0, 0.1) is 17.4 Å². The Kier molecular flexibility index (Phi) is 5.69. The Morgan fingerprint density at radius 1 is 1.20 bits per heavy atom. The Morgan fingerprint density at radius 3 is 2.56 bits per heavy atom. The van der Waals surface area contributed by atoms with E-state index in [0.717, 1.165) is 26.1 Å². The zero-order chi connectivity index (χ0) is 17.8. The van der Waals surface area contributed by atoms with Gasteiger partial charge >= 0.3 is 0 Å². The molecule has 0 saturated heterocycles. The molecule has 0 unspecified atom stereocenters. The number of hydrogen-bond donors (Lipinski definition) is 1. The highest BCUT2D eigenvalue weighted by Gasteiger charge is 2.13. The number of aromatic nitrogens is 4. The van der Waals surface area contributed by atoms with E-state index in [-0.39, 0.29) is 11.7 Å². The topological polar surface area (TPSA) is 72.7 Å². The van der Waals surface area contributed by atoms with Crippen LogP contribution < -0.4 is 5.32 Å². The summed E-state index contributed by atoms with van der Waals surface area (Å²) in [6.07, 6.45) is 0. The number of anilines is 1. The van der Waals surface area contributed by atoms with Crippen molar-refractivity contribution in [3.05, 3.63) is 57.2 Å². The number of carbonyl (C=O) groups excluding carboxylic acids is 1. The van der Waals surface area contributed by atoms with Crippen LogP contribution in [0.15, 0.2) is 47.6 Å². The lowest BCUT2D eigenvalue weighted by Crippen LogP contribution is -2.16. The molecule has 6 nitrogen and oxygen atoms in total. The molecule has 3 rings (SSSR count). The lowest BCUT2D eigenvalue weighted by molar-refractivity contribution is -0.113. The molecule has 0 spiro atoms. The molecule has 0 radical (unpaired) electrons. The van der Waals surface area contributed by atoms with Gasteiger partial charge in [0, 0.05) is 9.26 Å². The molecule has 0 aliphatic carbocycles. The van der Waals surface area contributed by atoms with Crippen LogP contribution in [0.4, 0.5) is 5.69 Å².